The van der Waals surface area contributed by atoms with Crippen LogP contribution in [-0.2, 0) is 9.53 Å². The zero-order valence-corrected chi connectivity index (χ0v) is 14.3. The Kier molecular flexibility index (Phi) is 6.46. The molecule has 0 aromatic heterocycles. The van der Waals surface area contributed by atoms with Crippen molar-refractivity contribution < 1.29 is 19.1 Å². The van der Waals surface area contributed by atoms with E-state index in [0.717, 1.165) is 12.8 Å². The fourth-order valence-corrected chi connectivity index (χ4v) is 3.21. The van der Waals surface area contributed by atoms with E-state index in [4.69, 9.17) is 15.2 Å². The predicted molar refractivity (Wildman–Crippen MR) is 91.9 cm³/mol. The lowest BCUT2D eigenvalue weighted by molar-refractivity contribution is -0.143. The first-order valence-electron chi connectivity index (χ1n) is 8.37. The zero-order valence-electron chi connectivity index (χ0n) is 14.3. The van der Waals surface area contributed by atoms with Gasteiger partial charge in [-0.15, -0.1) is 0 Å². The van der Waals surface area contributed by atoms with Crippen LogP contribution in [0.5, 0.6) is 5.75 Å². The summed E-state index contributed by atoms with van der Waals surface area (Å²) in [6.07, 6.45) is 6.42. The summed E-state index contributed by atoms with van der Waals surface area (Å²) in [7, 11) is 2.84. The largest absolute Gasteiger partial charge is 0.495 e. The average molecular weight is 334 g/mol. The highest BCUT2D eigenvalue weighted by molar-refractivity contribution is 5.97. The maximum atomic E-state index is 12.5. The van der Waals surface area contributed by atoms with Crippen molar-refractivity contribution in [3.8, 4) is 5.75 Å². The van der Waals surface area contributed by atoms with Gasteiger partial charge in [-0.2, -0.15) is 0 Å². The molecule has 0 heterocycles. The average Bonchev–Trinajstić information content (AvgIpc) is 2.61. The van der Waals surface area contributed by atoms with Crippen LogP contribution in [0.4, 0.5) is 5.69 Å². The number of anilines is 1. The third-order valence-electron chi connectivity index (χ3n) is 4.58. The Labute approximate surface area is 142 Å². The lowest BCUT2D eigenvalue weighted by Gasteiger charge is -2.25. The van der Waals surface area contributed by atoms with Gasteiger partial charge in [-0.25, -0.2) is 4.79 Å². The maximum absolute atomic E-state index is 12.5. The summed E-state index contributed by atoms with van der Waals surface area (Å²) in [5.74, 6) is 0.143. The van der Waals surface area contributed by atoms with Gasteiger partial charge in [0, 0.05) is 5.56 Å². The second-order valence-electron chi connectivity index (χ2n) is 6.25. The van der Waals surface area contributed by atoms with E-state index >= 15 is 0 Å². The van der Waals surface area contributed by atoms with E-state index in [0.29, 0.717) is 29.3 Å². The molecule has 0 spiro atoms. The van der Waals surface area contributed by atoms with Crippen molar-refractivity contribution >= 4 is 17.6 Å². The Hall–Kier alpha value is -2.24. The molecule has 132 valence electrons. The normalized spacial score (nSPS) is 16.2. The van der Waals surface area contributed by atoms with E-state index in [2.05, 4.69) is 5.32 Å². The highest BCUT2D eigenvalue weighted by Crippen LogP contribution is 2.28. The molecule has 0 saturated heterocycles. The Morgan fingerprint density at radius 3 is 2.58 bits per heavy atom. The topological polar surface area (TPSA) is 90.7 Å². The first kappa shape index (κ1) is 18.1. The van der Waals surface area contributed by atoms with Crippen LogP contribution in [0.1, 0.15) is 48.9 Å². The molecule has 1 saturated carbocycles. The molecule has 6 heteroatoms. The van der Waals surface area contributed by atoms with E-state index in [1.807, 2.05) is 0 Å². The van der Waals surface area contributed by atoms with Crippen LogP contribution >= 0.6 is 0 Å². The van der Waals surface area contributed by atoms with Crippen molar-refractivity contribution in [2.24, 2.45) is 5.92 Å². The Bertz CT molecular complexity index is 582. The fourth-order valence-electron chi connectivity index (χ4n) is 3.21. The van der Waals surface area contributed by atoms with Crippen molar-refractivity contribution in [2.75, 3.05) is 20.0 Å². The Morgan fingerprint density at radius 1 is 1.25 bits per heavy atom. The van der Waals surface area contributed by atoms with Gasteiger partial charge in [0.25, 0.3) is 5.91 Å². The summed E-state index contributed by atoms with van der Waals surface area (Å²) in [6.45, 7) is 0. The molecule has 1 aliphatic rings. The number of nitrogens with two attached hydrogens (primary N) is 1. The number of benzene rings is 1. The van der Waals surface area contributed by atoms with Crippen LogP contribution in [0, 0.1) is 5.92 Å². The third-order valence-corrected chi connectivity index (χ3v) is 4.58. The number of carbonyl (C=O) groups excluding carboxylic acids is 2. The number of rotatable bonds is 6. The minimum Gasteiger partial charge on any atom is -0.495 e. The molecule has 1 aromatic rings. The number of hydrogen-bond donors (Lipinski definition) is 2. The summed E-state index contributed by atoms with van der Waals surface area (Å²) < 4.78 is 9.99. The van der Waals surface area contributed by atoms with E-state index in [9.17, 15) is 9.59 Å². The van der Waals surface area contributed by atoms with Gasteiger partial charge in [-0.1, -0.05) is 32.1 Å². The van der Waals surface area contributed by atoms with Crippen LogP contribution < -0.4 is 15.8 Å². The monoisotopic (exact) mass is 334 g/mol. The molecule has 3 N–H and O–H groups in total. The third kappa shape index (κ3) is 4.63. The van der Waals surface area contributed by atoms with Gasteiger partial charge in [-0.3, -0.25) is 4.79 Å². The fraction of sp³-hybridized carbons (Fsp3) is 0.556. The molecule has 0 bridgehead atoms. The zero-order chi connectivity index (χ0) is 17.5. The van der Waals surface area contributed by atoms with Gasteiger partial charge in [0.15, 0.2) is 0 Å². The molecule has 0 aliphatic heterocycles. The smallest absolute Gasteiger partial charge is 0.328 e. The highest BCUT2D eigenvalue weighted by atomic mass is 16.5. The molecule has 1 atom stereocenters. The number of esters is 1. The minimum absolute atomic E-state index is 0.334. The number of amides is 1. The molecule has 0 unspecified atom stereocenters. The summed E-state index contributed by atoms with van der Waals surface area (Å²) >= 11 is 0. The minimum atomic E-state index is -0.630. The van der Waals surface area contributed by atoms with Crippen molar-refractivity contribution in [3.05, 3.63) is 23.8 Å². The van der Waals surface area contributed by atoms with Gasteiger partial charge >= 0.3 is 5.97 Å². The number of hydrogen-bond acceptors (Lipinski definition) is 5. The number of ether oxygens (including phenoxy) is 2. The van der Waals surface area contributed by atoms with E-state index in [-0.39, 0.29) is 5.91 Å². The van der Waals surface area contributed by atoms with Gasteiger partial charge in [0.1, 0.15) is 11.8 Å². The molecular weight excluding hydrogens is 308 g/mol. The molecule has 1 amide bonds. The molecule has 6 nitrogen and oxygen atoms in total. The Morgan fingerprint density at radius 2 is 1.96 bits per heavy atom. The van der Waals surface area contributed by atoms with Crippen molar-refractivity contribution in [2.45, 2.75) is 44.6 Å². The predicted octanol–water partition coefficient (Wildman–Crippen LogP) is 2.52. The van der Waals surface area contributed by atoms with Gasteiger partial charge < -0.3 is 20.5 Å². The second kappa shape index (κ2) is 8.57. The van der Waals surface area contributed by atoms with Crippen molar-refractivity contribution in [1.29, 1.82) is 0 Å². The van der Waals surface area contributed by atoms with Crippen LogP contribution in [0.3, 0.4) is 0 Å². The molecule has 1 aromatic carbocycles. The molecule has 1 fully saturated rings. The first-order chi connectivity index (χ1) is 11.5. The summed E-state index contributed by atoms with van der Waals surface area (Å²) in [6, 6.07) is 4.16. The maximum Gasteiger partial charge on any atom is 0.328 e. The Balaban J connectivity index is 2.07. The van der Waals surface area contributed by atoms with Gasteiger partial charge in [-0.05, 0) is 30.5 Å². The highest BCUT2D eigenvalue weighted by Gasteiger charge is 2.27. The number of methoxy groups -OCH3 is 2. The van der Waals surface area contributed by atoms with Crippen molar-refractivity contribution in [1.82, 2.24) is 5.32 Å². The standard InChI is InChI=1S/C18H26N2O4/c1-23-16-11-13(8-9-14(16)19)17(21)20-15(18(22)24-2)10-12-6-4-3-5-7-12/h8-9,11-12,15H,3-7,10,19H2,1-2H3,(H,20,21)/t15-/m1/s1. The van der Waals surface area contributed by atoms with Crippen LogP contribution in [0.2, 0.25) is 0 Å². The second-order valence-corrected chi connectivity index (χ2v) is 6.25. The van der Waals surface area contributed by atoms with Crippen molar-refractivity contribution in [3.63, 3.8) is 0 Å². The lowest BCUT2D eigenvalue weighted by atomic mass is 9.84. The summed E-state index contributed by atoms with van der Waals surface area (Å²) in [5, 5.41) is 2.79. The lowest BCUT2D eigenvalue weighted by Crippen LogP contribution is -2.43. The van der Waals surface area contributed by atoms with Gasteiger partial charge in [0.2, 0.25) is 0 Å². The van der Waals surface area contributed by atoms with E-state index < -0.39 is 12.0 Å². The van der Waals surface area contributed by atoms with Gasteiger partial charge in [0.05, 0.1) is 19.9 Å². The van der Waals surface area contributed by atoms with Crippen LogP contribution in [0.15, 0.2) is 18.2 Å². The quantitative estimate of drug-likeness (QED) is 0.616. The summed E-state index contributed by atoms with van der Waals surface area (Å²) in [4.78, 5) is 24.5. The first-order valence-corrected chi connectivity index (χ1v) is 8.37. The van der Waals surface area contributed by atoms with Crippen LogP contribution in [0.25, 0.3) is 0 Å². The molecule has 0 radical (unpaired) electrons. The molecular formula is C18H26N2O4. The molecule has 2 rings (SSSR count). The molecule has 1 aliphatic carbocycles. The summed E-state index contributed by atoms with van der Waals surface area (Å²) in [5.41, 5.74) is 6.62. The van der Waals surface area contributed by atoms with E-state index in [1.54, 1.807) is 18.2 Å². The molecule has 24 heavy (non-hydrogen) atoms. The number of carbonyl (C=O) groups is 2. The number of nitrogen functional groups attached to an aromatic ring is 1. The van der Waals surface area contributed by atoms with E-state index in [1.165, 1.54) is 33.5 Å². The number of nitrogens with one attached hydrogen (secondary N) is 1. The van der Waals surface area contributed by atoms with Crippen LogP contribution in [-0.4, -0.2) is 32.1 Å². The SMILES string of the molecule is COC(=O)[C@@H](CC1CCCCC1)NC(=O)c1ccc(N)c(OC)c1.